The van der Waals surface area contributed by atoms with E-state index in [4.69, 9.17) is 13.9 Å². The number of carboxylic acids is 1. The number of rotatable bonds is 8. The summed E-state index contributed by atoms with van der Waals surface area (Å²) in [6.45, 7) is 5.35. The number of anilines is 1. The molecular formula is C29H35N3O7S2. The number of amides is 2. The molecule has 0 radical (unpaired) electrons. The molecule has 5 rings (SSSR count). The number of oxazole rings is 1. The largest absolute Gasteiger partial charge is 0.496 e. The molecule has 1 aliphatic carbocycles. The zero-order valence-corrected chi connectivity index (χ0v) is 25.5. The van der Waals surface area contributed by atoms with Gasteiger partial charge in [0.05, 0.1) is 29.2 Å². The number of Topliss-reactive ketones (excluding diaryl/α,β-unsaturated/α-hetero) is 1. The van der Waals surface area contributed by atoms with Crippen LogP contribution in [0, 0.1) is 6.92 Å². The van der Waals surface area contributed by atoms with Crippen molar-refractivity contribution in [3.8, 4) is 16.5 Å². The van der Waals surface area contributed by atoms with E-state index >= 15 is 0 Å². The van der Waals surface area contributed by atoms with Crippen LogP contribution in [0.2, 0.25) is 0 Å². The first-order chi connectivity index (χ1) is 19.6. The lowest BCUT2D eigenvalue weighted by atomic mass is 9.97. The predicted octanol–water partition coefficient (Wildman–Crippen LogP) is 6.22. The number of benzene rings is 1. The number of para-hydroxylation sites is 1. The lowest BCUT2D eigenvalue weighted by molar-refractivity contribution is -0.145. The summed E-state index contributed by atoms with van der Waals surface area (Å²) in [5, 5.41) is 10.5. The van der Waals surface area contributed by atoms with Gasteiger partial charge in [-0.25, -0.2) is 18.9 Å². The van der Waals surface area contributed by atoms with Crippen LogP contribution in [-0.4, -0.2) is 64.6 Å². The van der Waals surface area contributed by atoms with Crippen LogP contribution in [-0.2, 0) is 20.7 Å². The molecule has 1 N–H and O–H groups in total. The third-order valence-electron chi connectivity index (χ3n) is 7.19. The highest BCUT2D eigenvalue weighted by Gasteiger charge is 2.46. The Hall–Kier alpha value is -3.35. The molecule has 2 aromatic heterocycles. The summed E-state index contributed by atoms with van der Waals surface area (Å²) in [5.74, 6) is 0.538. The van der Waals surface area contributed by atoms with E-state index in [0.717, 1.165) is 69.3 Å². The number of thiophene rings is 1. The first-order valence-corrected chi connectivity index (χ1v) is 14.9. The molecule has 1 fully saturated rings. The fraction of sp³-hybridized carbons (Fsp3) is 0.448. The van der Waals surface area contributed by atoms with Gasteiger partial charge in [0, 0.05) is 26.5 Å². The zero-order valence-electron chi connectivity index (χ0n) is 23.8. The summed E-state index contributed by atoms with van der Waals surface area (Å²) in [4.78, 5) is 43.7. The Kier molecular flexibility index (Phi) is 9.77. The minimum atomic E-state index is -1.40. The Morgan fingerprint density at radius 3 is 2.51 bits per heavy atom. The van der Waals surface area contributed by atoms with Gasteiger partial charge in [-0.2, -0.15) is 0 Å². The van der Waals surface area contributed by atoms with Gasteiger partial charge in [0.25, 0.3) is 0 Å². The van der Waals surface area contributed by atoms with Crippen molar-refractivity contribution in [3.05, 3.63) is 47.9 Å². The maximum atomic E-state index is 13.5. The summed E-state index contributed by atoms with van der Waals surface area (Å²) < 4.78 is 17.4. The highest BCUT2D eigenvalue weighted by atomic mass is 32.2. The summed E-state index contributed by atoms with van der Waals surface area (Å²) in [6, 6.07) is 7.29. The molecule has 1 aliphatic heterocycles. The maximum Gasteiger partial charge on any atom is 0.336 e. The van der Waals surface area contributed by atoms with Gasteiger partial charge in [0.2, 0.25) is 5.89 Å². The quantitative estimate of drug-likeness (QED) is 0.300. The van der Waals surface area contributed by atoms with Gasteiger partial charge in [-0.05, 0) is 69.2 Å². The van der Waals surface area contributed by atoms with Crippen molar-refractivity contribution in [2.75, 3.05) is 25.7 Å². The number of hydrogen-bond donors (Lipinski definition) is 1. The average molecular weight is 602 g/mol. The Balaban J connectivity index is 0.000000367. The molecule has 1 aromatic carbocycles. The Morgan fingerprint density at radius 1 is 1.20 bits per heavy atom. The van der Waals surface area contributed by atoms with Crippen LogP contribution in [0.15, 0.2) is 46.0 Å². The smallest absolute Gasteiger partial charge is 0.336 e. The molecule has 41 heavy (non-hydrogen) atoms. The number of ether oxygens (including phenoxy) is 2. The van der Waals surface area contributed by atoms with Crippen molar-refractivity contribution in [1.29, 1.82) is 0 Å². The number of hydrogen-bond acceptors (Lipinski definition) is 9. The predicted molar refractivity (Wildman–Crippen MR) is 158 cm³/mol. The second-order valence-corrected chi connectivity index (χ2v) is 12.2. The van der Waals surface area contributed by atoms with Crippen LogP contribution in [0.5, 0.6) is 5.75 Å². The summed E-state index contributed by atoms with van der Waals surface area (Å²) in [7, 11) is 3.32. The summed E-state index contributed by atoms with van der Waals surface area (Å²) >= 11 is 2.58. The number of urea groups is 1. The number of aromatic nitrogens is 1. The van der Waals surface area contributed by atoms with E-state index in [1.807, 2.05) is 31.2 Å². The summed E-state index contributed by atoms with van der Waals surface area (Å²) in [5.41, 5.74) is 0.464. The van der Waals surface area contributed by atoms with Crippen LogP contribution in [0.25, 0.3) is 10.8 Å². The van der Waals surface area contributed by atoms with Crippen LogP contribution in [0.3, 0.4) is 0 Å². The van der Waals surface area contributed by atoms with Gasteiger partial charge >= 0.3 is 12.0 Å². The lowest BCUT2D eigenvalue weighted by Crippen LogP contribution is -2.55. The molecule has 0 atom stereocenters. The average Bonchev–Trinajstić information content (AvgIpc) is 3.61. The summed E-state index contributed by atoms with van der Waals surface area (Å²) in [6.07, 6.45) is 7.27. The van der Waals surface area contributed by atoms with Crippen molar-refractivity contribution < 1.29 is 33.4 Å². The molecule has 0 unspecified atom stereocenters. The number of fused-ring (bicyclic) bond motifs is 1. The molecule has 12 heteroatoms. The monoisotopic (exact) mass is 601 g/mol. The minimum absolute atomic E-state index is 0.350. The highest BCUT2D eigenvalue weighted by Crippen LogP contribution is 2.52. The molecule has 220 valence electrons. The van der Waals surface area contributed by atoms with Crippen LogP contribution >= 0.6 is 23.3 Å². The van der Waals surface area contributed by atoms with Crippen LogP contribution in [0.1, 0.15) is 50.7 Å². The van der Waals surface area contributed by atoms with Crippen molar-refractivity contribution >= 4 is 46.1 Å². The molecule has 10 nitrogen and oxygen atoms in total. The number of carbonyl (C=O) groups excluding carboxylic acids is 2. The van der Waals surface area contributed by atoms with Gasteiger partial charge in [0.1, 0.15) is 28.3 Å². The van der Waals surface area contributed by atoms with E-state index in [1.165, 1.54) is 35.8 Å². The van der Waals surface area contributed by atoms with E-state index in [-0.39, 0.29) is 6.03 Å². The first kappa shape index (κ1) is 30.6. The highest BCUT2D eigenvalue weighted by molar-refractivity contribution is 7.98. The van der Waals surface area contributed by atoms with Gasteiger partial charge < -0.3 is 19.0 Å². The fourth-order valence-electron chi connectivity index (χ4n) is 4.56. The fourth-order valence-corrected chi connectivity index (χ4v) is 7.12. The van der Waals surface area contributed by atoms with Crippen molar-refractivity contribution in [2.45, 2.75) is 69.4 Å². The zero-order chi connectivity index (χ0) is 29.7. The molecule has 0 bridgehead atoms. The number of nitrogens with zero attached hydrogens (tertiary/aromatic N) is 3. The third-order valence-corrected chi connectivity index (χ3v) is 10.1. The number of ketones is 1. The van der Waals surface area contributed by atoms with Gasteiger partial charge in [-0.15, -0.1) is 11.3 Å². The lowest BCUT2D eigenvalue weighted by Gasteiger charge is -2.40. The first-order valence-electron chi connectivity index (χ1n) is 13.3. The van der Waals surface area contributed by atoms with Crippen molar-refractivity contribution in [1.82, 2.24) is 9.29 Å². The van der Waals surface area contributed by atoms with Crippen molar-refractivity contribution in [3.63, 3.8) is 0 Å². The Bertz CT molecular complexity index is 1380. The molecule has 3 aromatic rings. The topological polar surface area (TPSA) is 122 Å². The SMILES string of the molecule is COC1CCC(=O)CC1.COc1ccccc1CCN1C(=O)N(C(C)(C)C(=O)O)Sc2c1sc(-c1ncco1)c2C. The Labute approximate surface area is 247 Å². The molecular weight excluding hydrogens is 566 g/mol. The molecule has 3 heterocycles. The normalized spacial score (nSPS) is 15.8. The van der Waals surface area contributed by atoms with E-state index in [1.54, 1.807) is 25.3 Å². The number of carbonyl (C=O) groups is 3. The number of carboxylic acid groups (broad SMARTS) is 1. The molecule has 0 saturated heterocycles. The standard InChI is InChI=1S/C22H23N3O5S2.C7H12O2/c1-13-16(18-23-10-12-30-18)31-19-17(13)32-25(22(2,3)20(26)27)21(28)24(19)11-9-14-7-5-6-8-15(14)29-4;1-9-7-4-2-6(8)3-5-7/h5-8,10,12H,9,11H2,1-4H3,(H,26,27);7H,2-5H2,1H3. The number of aliphatic carboxylic acids is 1. The molecule has 0 spiro atoms. The number of methoxy groups -OCH3 is 2. The van der Waals surface area contributed by atoms with Crippen LogP contribution < -0.4 is 9.64 Å². The van der Waals surface area contributed by atoms with Gasteiger partial charge in [0.15, 0.2) is 0 Å². The second kappa shape index (κ2) is 13.1. The van der Waals surface area contributed by atoms with E-state index in [2.05, 4.69) is 4.98 Å². The van der Waals surface area contributed by atoms with E-state index in [9.17, 15) is 19.5 Å². The van der Waals surface area contributed by atoms with E-state index < -0.39 is 11.5 Å². The maximum absolute atomic E-state index is 13.5. The Morgan fingerprint density at radius 2 is 1.90 bits per heavy atom. The van der Waals surface area contributed by atoms with Crippen LogP contribution in [0.4, 0.5) is 9.80 Å². The van der Waals surface area contributed by atoms with E-state index in [0.29, 0.717) is 30.7 Å². The second-order valence-electron chi connectivity index (χ2n) is 10.2. The van der Waals surface area contributed by atoms with Gasteiger partial charge in [-0.3, -0.25) is 9.69 Å². The molecule has 2 amide bonds. The minimum Gasteiger partial charge on any atom is -0.496 e. The van der Waals surface area contributed by atoms with Crippen molar-refractivity contribution in [2.24, 2.45) is 0 Å². The third kappa shape index (κ3) is 6.60. The van der Waals surface area contributed by atoms with Gasteiger partial charge in [-0.1, -0.05) is 18.2 Å². The molecule has 2 aliphatic rings. The molecule has 1 saturated carbocycles.